The van der Waals surface area contributed by atoms with Crippen LogP contribution in [0.3, 0.4) is 0 Å². The second kappa shape index (κ2) is 6.21. The summed E-state index contributed by atoms with van der Waals surface area (Å²) in [7, 11) is 0. The summed E-state index contributed by atoms with van der Waals surface area (Å²) in [5, 5.41) is 12.5. The van der Waals surface area contributed by atoms with E-state index in [0.29, 0.717) is 5.56 Å². The van der Waals surface area contributed by atoms with E-state index < -0.39 is 0 Å². The minimum absolute atomic E-state index is 0.0928. The first-order valence-corrected chi connectivity index (χ1v) is 6.77. The molecule has 1 aromatic heterocycles. The fourth-order valence-electron chi connectivity index (χ4n) is 2.12. The van der Waals surface area contributed by atoms with Crippen molar-refractivity contribution in [2.75, 3.05) is 5.32 Å². The third-order valence-corrected chi connectivity index (χ3v) is 3.30. The Labute approximate surface area is 120 Å². The van der Waals surface area contributed by atoms with Crippen LogP contribution in [-0.4, -0.2) is 10.5 Å². The van der Waals surface area contributed by atoms with E-state index in [2.05, 4.69) is 54.5 Å². The lowest BCUT2D eigenvalue weighted by atomic mass is 9.94. The van der Waals surface area contributed by atoms with Crippen LogP contribution >= 0.6 is 0 Å². The largest absolute Gasteiger partial charge is 0.378 e. The molecule has 20 heavy (non-hydrogen) atoms. The van der Waals surface area contributed by atoms with Crippen molar-refractivity contribution in [2.45, 2.75) is 32.2 Å². The van der Waals surface area contributed by atoms with Crippen LogP contribution in [0.4, 0.5) is 5.69 Å². The number of nitrogens with one attached hydrogen (secondary N) is 1. The summed E-state index contributed by atoms with van der Waals surface area (Å²) in [6.07, 6.45) is 5.34. The van der Waals surface area contributed by atoms with E-state index in [1.165, 1.54) is 5.56 Å². The molecule has 0 fully saturated rings. The number of rotatable bonds is 5. The molecule has 0 spiro atoms. The van der Waals surface area contributed by atoms with Crippen molar-refractivity contribution >= 4 is 5.69 Å². The highest BCUT2D eigenvalue weighted by Gasteiger charge is 2.18. The van der Waals surface area contributed by atoms with Gasteiger partial charge in [0, 0.05) is 11.7 Å². The first-order valence-electron chi connectivity index (χ1n) is 6.77. The lowest BCUT2D eigenvalue weighted by molar-refractivity contribution is 0.518. The second-order valence-corrected chi connectivity index (χ2v) is 5.53. The molecule has 3 heteroatoms. The van der Waals surface area contributed by atoms with E-state index in [1.807, 2.05) is 6.07 Å². The van der Waals surface area contributed by atoms with Gasteiger partial charge in [-0.05, 0) is 38.3 Å². The molecule has 0 aliphatic carbocycles. The SMILES string of the molecule is CC(C)(CCc1ccccc1)Nc1cnccc1C#N. The van der Waals surface area contributed by atoms with Gasteiger partial charge in [0.05, 0.1) is 17.4 Å². The maximum Gasteiger partial charge on any atom is 0.101 e. The smallest absolute Gasteiger partial charge is 0.101 e. The average molecular weight is 265 g/mol. The standard InChI is InChI=1S/C17H19N3/c1-17(2,10-8-14-6-4-3-5-7-14)20-16-13-19-11-9-15(16)12-18/h3-7,9,11,13,20H,8,10H2,1-2H3. The summed E-state index contributed by atoms with van der Waals surface area (Å²) in [6, 6.07) is 14.4. The third kappa shape index (κ3) is 3.83. The van der Waals surface area contributed by atoms with Crippen LogP contribution in [0.2, 0.25) is 0 Å². The summed E-state index contributed by atoms with van der Waals surface area (Å²) in [4.78, 5) is 4.08. The first-order chi connectivity index (χ1) is 9.61. The minimum Gasteiger partial charge on any atom is -0.378 e. The van der Waals surface area contributed by atoms with Gasteiger partial charge >= 0.3 is 0 Å². The van der Waals surface area contributed by atoms with Crippen molar-refractivity contribution in [3.63, 3.8) is 0 Å². The van der Waals surface area contributed by atoms with Crippen LogP contribution in [0.1, 0.15) is 31.4 Å². The van der Waals surface area contributed by atoms with Crippen molar-refractivity contribution in [2.24, 2.45) is 0 Å². The number of anilines is 1. The molecule has 2 rings (SSSR count). The average Bonchev–Trinajstić information content (AvgIpc) is 2.47. The van der Waals surface area contributed by atoms with Crippen molar-refractivity contribution < 1.29 is 0 Å². The van der Waals surface area contributed by atoms with Crippen molar-refractivity contribution in [3.05, 3.63) is 59.9 Å². The lowest BCUT2D eigenvalue weighted by Crippen LogP contribution is -2.31. The number of nitriles is 1. The number of nitrogens with zero attached hydrogens (tertiary/aromatic N) is 2. The second-order valence-electron chi connectivity index (χ2n) is 5.53. The Balaban J connectivity index is 2.02. The molecule has 2 aromatic rings. The molecule has 0 atom stereocenters. The van der Waals surface area contributed by atoms with Gasteiger partial charge in [-0.15, -0.1) is 0 Å². The van der Waals surface area contributed by atoms with Crippen LogP contribution < -0.4 is 5.32 Å². The Morgan fingerprint density at radius 3 is 2.65 bits per heavy atom. The van der Waals surface area contributed by atoms with Crippen LogP contribution in [-0.2, 0) is 6.42 Å². The number of aryl methyl sites for hydroxylation is 1. The van der Waals surface area contributed by atoms with E-state index in [4.69, 9.17) is 5.26 Å². The maximum atomic E-state index is 9.11. The Morgan fingerprint density at radius 1 is 1.20 bits per heavy atom. The van der Waals surface area contributed by atoms with Gasteiger partial charge < -0.3 is 5.32 Å². The summed E-state index contributed by atoms with van der Waals surface area (Å²) < 4.78 is 0. The third-order valence-electron chi connectivity index (χ3n) is 3.30. The highest BCUT2D eigenvalue weighted by atomic mass is 15.0. The van der Waals surface area contributed by atoms with Gasteiger partial charge in [-0.3, -0.25) is 4.98 Å². The molecule has 1 aromatic carbocycles. The molecule has 0 aliphatic heterocycles. The Morgan fingerprint density at radius 2 is 1.95 bits per heavy atom. The Hall–Kier alpha value is -2.34. The fourth-order valence-corrected chi connectivity index (χ4v) is 2.12. The van der Waals surface area contributed by atoms with Gasteiger partial charge in [-0.25, -0.2) is 0 Å². The number of aromatic nitrogens is 1. The van der Waals surface area contributed by atoms with E-state index in [1.54, 1.807) is 18.5 Å². The number of pyridine rings is 1. The van der Waals surface area contributed by atoms with Crippen LogP contribution in [0.15, 0.2) is 48.8 Å². The van der Waals surface area contributed by atoms with E-state index in [0.717, 1.165) is 18.5 Å². The molecule has 0 saturated carbocycles. The topological polar surface area (TPSA) is 48.7 Å². The van der Waals surface area contributed by atoms with Crippen molar-refractivity contribution in [3.8, 4) is 6.07 Å². The predicted molar refractivity (Wildman–Crippen MR) is 81.4 cm³/mol. The summed E-state index contributed by atoms with van der Waals surface area (Å²) in [6.45, 7) is 4.29. The monoisotopic (exact) mass is 265 g/mol. The first kappa shape index (κ1) is 14.1. The quantitative estimate of drug-likeness (QED) is 0.895. The highest BCUT2D eigenvalue weighted by Crippen LogP contribution is 2.22. The highest BCUT2D eigenvalue weighted by molar-refractivity contribution is 5.56. The van der Waals surface area contributed by atoms with E-state index >= 15 is 0 Å². The van der Waals surface area contributed by atoms with E-state index in [9.17, 15) is 0 Å². The van der Waals surface area contributed by atoms with Crippen LogP contribution in [0.25, 0.3) is 0 Å². The molecule has 0 amide bonds. The summed E-state index contributed by atoms with van der Waals surface area (Å²) in [5.74, 6) is 0. The number of hydrogen-bond acceptors (Lipinski definition) is 3. The Bertz CT molecular complexity index is 597. The fraction of sp³-hybridized carbons (Fsp3) is 0.294. The van der Waals surface area contributed by atoms with Gasteiger partial charge in [0.2, 0.25) is 0 Å². The number of benzene rings is 1. The molecule has 1 N–H and O–H groups in total. The van der Waals surface area contributed by atoms with Gasteiger partial charge in [-0.1, -0.05) is 30.3 Å². The van der Waals surface area contributed by atoms with Crippen molar-refractivity contribution in [1.29, 1.82) is 5.26 Å². The molecular weight excluding hydrogens is 246 g/mol. The van der Waals surface area contributed by atoms with Gasteiger partial charge in [0.25, 0.3) is 0 Å². The minimum atomic E-state index is -0.0928. The maximum absolute atomic E-state index is 9.11. The molecule has 0 radical (unpaired) electrons. The van der Waals surface area contributed by atoms with Crippen LogP contribution in [0.5, 0.6) is 0 Å². The molecule has 0 bridgehead atoms. The predicted octanol–water partition coefficient (Wildman–Crippen LogP) is 3.78. The summed E-state index contributed by atoms with van der Waals surface area (Å²) >= 11 is 0. The van der Waals surface area contributed by atoms with Gasteiger partial charge in [0.15, 0.2) is 0 Å². The normalized spacial score (nSPS) is 10.8. The molecule has 3 nitrogen and oxygen atoms in total. The van der Waals surface area contributed by atoms with Gasteiger partial charge in [-0.2, -0.15) is 5.26 Å². The molecule has 102 valence electrons. The molecule has 1 heterocycles. The zero-order valence-electron chi connectivity index (χ0n) is 11.9. The molecule has 0 aliphatic rings. The molecular formula is C17H19N3. The Kier molecular flexibility index (Phi) is 4.37. The zero-order valence-corrected chi connectivity index (χ0v) is 11.9. The molecule has 0 unspecified atom stereocenters. The van der Waals surface area contributed by atoms with Crippen molar-refractivity contribution in [1.82, 2.24) is 4.98 Å². The van der Waals surface area contributed by atoms with Gasteiger partial charge in [0.1, 0.15) is 6.07 Å². The summed E-state index contributed by atoms with van der Waals surface area (Å²) in [5.41, 5.74) is 2.67. The zero-order chi connectivity index (χ0) is 14.4. The number of hydrogen-bond donors (Lipinski definition) is 1. The van der Waals surface area contributed by atoms with Crippen LogP contribution in [0, 0.1) is 11.3 Å². The molecule has 0 saturated heterocycles. The van der Waals surface area contributed by atoms with E-state index in [-0.39, 0.29) is 5.54 Å². The lowest BCUT2D eigenvalue weighted by Gasteiger charge is -2.28.